The van der Waals surface area contributed by atoms with Crippen LogP contribution in [0.4, 0.5) is 19.0 Å². The summed E-state index contributed by atoms with van der Waals surface area (Å²) < 4.78 is 41.0. The van der Waals surface area contributed by atoms with Crippen LogP contribution in [0.5, 0.6) is 0 Å². The van der Waals surface area contributed by atoms with E-state index < -0.39 is 18.1 Å². The summed E-state index contributed by atoms with van der Waals surface area (Å²) in [6.07, 6.45) is -1.85. The Kier molecular flexibility index (Phi) is 5.11. The Morgan fingerprint density at radius 2 is 2.07 bits per heavy atom. The Morgan fingerprint density at radius 3 is 2.82 bits per heavy atom. The van der Waals surface area contributed by atoms with Crippen LogP contribution in [0.25, 0.3) is 5.65 Å². The Bertz CT molecular complexity index is 995. The highest BCUT2D eigenvalue weighted by molar-refractivity contribution is 6.30. The molecule has 3 aromatic rings. The lowest BCUT2D eigenvalue weighted by Gasteiger charge is -2.26. The van der Waals surface area contributed by atoms with Crippen LogP contribution in [0.15, 0.2) is 30.3 Å². The molecule has 148 valence electrons. The third-order valence-electron chi connectivity index (χ3n) is 5.09. The van der Waals surface area contributed by atoms with Gasteiger partial charge in [-0.1, -0.05) is 17.7 Å². The molecule has 4 rings (SSSR count). The van der Waals surface area contributed by atoms with Crippen molar-refractivity contribution in [3.8, 4) is 0 Å². The molecule has 1 aliphatic heterocycles. The predicted octanol–water partition coefficient (Wildman–Crippen LogP) is 3.96. The molecule has 1 aliphatic rings. The molecule has 1 aromatic carbocycles. The number of nitrogens with zero attached hydrogens (tertiary/aromatic N) is 5. The summed E-state index contributed by atoms with van der Waals surface area (Å²) in [7, 11) is 1.99. The first kappa shape index (κ1) is 18.9. The fourth-order valence-corrected chi connectivity index (χ4v) is 3.85. The average Bonchev–Trinajstić information content (AvgIpc) is 3.25. The topological polar surface area (TPSA) is 58.3 Å². The second-order valence-corrected chi connectivity index (χ2v) is 7.28. The first-order chi connectivity index (χ1) is 13.4. The van der Waals surface area contributed by atoms with E-state index in [2.05, 4.69) is 25.5 Å². The molecule has 0 saturated carbocycles. The maximum absolute atomic E-state index is 13.9. The summed E-state index contributed by atoms with van der Waals surface area (Å²) in [5, 5.41) is 14.6. The van der Waals surface area contributed by atoms with E-state index in [9.17, 15) is 13.2 Å². The van der Waals surface area contributed by atoms with E-state index in [1.165, 1.54) is 6.07 Å². The number of benzene rings is 1. The van der Waals surface area contributed by atoms with Gasteiger partial charge >= 0.3 is 0 Å². The second kappa shape index (κ2) is 7.56. The molecular weight excluding hydrogens is 393 g/mol. The molecule has 10 heteroatoms. The minimum absolute atomic E-state index is 0.0227. The number of alkyl halides is 2. The number of anilines is 1. The average molecular weight is 411 g/mol. The quantitative estimate of drug-likeness (QED) is 0.690. The Morgan fingerprint density at radius 1 is 1.25 bits per heavy atom. The third-order valence-corrected chi connectivity index (χ3v) is 5.39. The second-order valence-electron chi connectivity index (χ2n) is 6.88. The number of aromatic nitrogens is 4. The largest absolute Gasteiger partial charge is 0.368 e. The number of fused-ring (bicyclic) bond motifs is 1. The van der Waals surface area contributed by atoms with Gasteiger partial charge in [-0.3, -0.25) is 4.90 Å². The number of hydrogen-bond donors (Lipinski definition) is 1. The standard InChI is InChI=1S/C18H18ClF3N6/c1-27-7-6-11(16(27)10-2-3-12(19)13(20)8-10)9-23-14-4-5-15-24-25-18(17(21)22)28(15)26-14/h2-5,8,11,16-17H,6-7,9H2,1H3,(H,23,26). The minimum atomic E-state index is -2.76. The van der Waals surface area contributed by atoms with Gasteiger partial charge in [-0.25, -0.2) is 13.2 Å². The van der Waals surface area contributed by atoms with Gasteiger partial charge in [0, 0.05) is 12.6 Å². The SMILES string of the molecule is CN1CCC(CNc2ccc3nnc(C(F)F)n3n2)C1c1ccc(Cl)c(F)c1. The molecule has 2 atom stereocenters. The highest BCUT2D eigenvalue weighted by Gasteiger charge is 2.33. The van der Waals surface area contributed by atoms with Gasteiger partial charge in [-0.05, 0) is 55.8 Å². The van der Waals surface area contributed by atoms with Crippen molar-refractivity contribution in [1.82, 2.24) is 24.7 Å². The summed E-state index contributed by atoms with van der Waals surface area (Å²) in [4.78, 5) is 2.17. The number of hydrogen-bond acceptors (Lipinski definition) is 5. The molecule has 0 spiro atoms. The molecule has 1 N–H and O–H groups in total. The van der Waals surface area contributed by atoms with Crippen molar-refractivity contribution in [2.75, 3.05) is 25.5 Å². The summed E-state index contributed by atoms with van der Waals surface area (Å²) in [5.74, 6) is -0.289. The molecule has 28 heavy (non-hydrogen) atoms. The van der Waals surface area contributed by atoms with Gasteiger partial charge in [0.25, 0.3) is 6.43 Å². The molecule has 0 amide bonds. The van der Waals surface area contributed by atoms with Crippen LogP contribution >= 0.6 is 11.6 Å². The number of nitrogens with one attached hydrogen (secondary N) is 1. The minimum Gasteiger partial charge on any atom is -0.368 e. The maximum atomic E-state index is 13.9. The van der Waals surface area contributed by atoms with Gasteiger partial charge in [0.15, 0.2) is 5.65 Å². The molecule has 2 aromatic heterocycles. The molecule has 0 aliphatic carbocycles. The Balaban J connectivity index is 1.52. The molecule has 2 unspecified atom stereocenters. The molecule has 0 bridgehead atoms. The van der Waals surface area contributed by atoms with Gasteiger partial charge in [0.05, 0.1) is 5.02 Å². The summed E-state index contributed by atoms with van der Waals surface area (Å²) >= 11 is 5.80. The Labute approximate surface area is 164 Å². The van der Waals surface area contributed by atoms with Crippen molar-refractivity contribution in [2.24, 2.45) is 5.92 Å². The lowest BCUT2D eigenvalue weighted by molar-refractivity contribution is 0.137. The van der Waals surface area contributed by atoms with Crippen molar-refractivity contribution >= 4 is 23.1 Å². The van der Waals surface area contributed by atoms with Crippen molar-refractivity contribution in [3.05, 3.63) is 52.6 Å². The molecular formula is C18H18ClF3N6. The van der Waals surface area contributed by atoms with Crippen molar-refractivity contribution < 1.29 is 13.2 Å². The monoisotopic (exact) mass is 410 g/mol. The number of likely N-dealkylation sites (tertiary alicyclic amines) is 1. The van der Waals surface area contributed by atoms with Crippen molar-refractivity contribution in [2.45, 2.75) is 18.9 Å². The van der Waals surface area contributed by atoms with Crippen LogP contribution in [0.2, 0.25) is 5.02 Å². The fourth-order valence-electron chi connectivity index (χ4n) is 3.73. The predicted molar refractivity (Wildman–Crippen MR) is 99.1 cm³/mol. The van der Waals surface area contributed by atoms with Crippen LogP contribution in [0, 0.1) is 11.7 Å². The van der Waals surface area contributed by atoms with Crippen LogP contribution in [-0.2, 0) is 0 Å². The smallest absolute Gasteiger partial charge is 0.299 e. The lowest BCUT2D eigenvalue weighted by atomic mass is 9.93. The van der Waals surface area contributed by atoms with Crippen LogP contribution < -0.4 is 5.32 Å². The first-order valence-electron chi connectivity index (χ1n) is 8.83. The summed E-state index contributed by atoms with van der Waals surface area (Å²) in [6, 6.07) is 8.15. The lowest BCUT2D eigenvalue weighted by Crippen LogP contribution is -2.25. The highest BCUT2D eigenvalue weighted by Crippen LogP contribution is 2.37. The van der Waals surface area contributed by atoms with Gasteiger partial charge < -0.3 is 5.32 Å². The fraction of sp³-hybridized carbons (Fsp3) is 0.389. The zero-order chi connectivity index (χ0) is 19.8. The van der Waals surface area contributed by atoms with Crippen LogP contribution in [0.3, 0.4) is 0 Å². The van der Waals surface area contributed by atoms with Crippen LogP contribution in [-0.4, -0.2) is 44.8 Å². The summed E-state index contributed by atoms with van der Waals surface area (Å²) in [6.45, 7) is 1.43. The van der Waals surface area contributed by atoms with Crippen molar-refractivity contribution in [3.63, 3.8) is 0 Å². The van der Waals surface area contributed by atoms with E-state index in [0.717, 1.165) is 23.0 Å². The first-order valence-corrected chi connectivity index (χ1v) is 9.21. The molecule has 1 fully saturated rings. The van der Waals surface area contributed by atoms with Crippen LogP contribution in [0.1, 0.15) is 30.3 Å². The molecule has 6 nitrogen and oxygen atoms in total. The van der Waals surface area contributed by atoms with E-state index in [-0.39, 0.29) is 22.6 Å². The Hall–Kier alpha value is -2.39. The normalized spacial score (nSPS) is 20.4. The zero-order valence-corrected chi connectivity index (χ0v) is 15.7. The van der Waals surface area contributed by atoms with Crippen molar-refractivity contribution in [1.29, 1.82) is 0 Å². The van der Waals surface area contributed by atoms with E-state index in [4.69, 9.17) is 11.6 Å². The number of rotatable bonds is 5. The molecule has 0 radical (unpaired) electrons. The molecule has 1 saturated heterocycles. The van der Waals surface area contributed by atoms with Gasteiger partial charge in [-0.2, -0.15) is 4.52 Å². The number of halogens is 4. The summed E-state index contributed by atoms with van der Waals surface area (Å²) in [5.41, 5.74) is 1.12. The van der Waals surface area contributed by atoms with E-state index in [0.29, 0.717) is 12.4 Å². The van der Waals surface area contributed by atoms with Gasteiger partial charge in [-0.15, -0.1) is 15.3 Å². The van der Waals surface area contributed by atoms with E-state index in [1.807, 2.05) is 13.1 Å². The van der Waals surface area contributed by atoms with Gasteiger partial charge in [0.1, 0.15) is 11.6 Å². The highest BCUT2D eigenvalue weighted by atomic mass is 35.5. The third kappa shape index (κ3) is 3.51. The van der Waals surface area contributed by atoms with E-state index >= 15 is 0 Å². The molecule has 3 heterocycles. The van der Waals surface area contributed by atoms with E-state index in [1.54, 1.807) is 18.2 Å². The maximum Gasteiger partial charge on any atom is 0.299 e. The zero-order valence-electron chi connectivity index (χ0n) is 15.0. The van der Waals surface area contributed by atoms with Gasteiger partial charge in [0.2, 0.25) is 5.82 Å².